The maximum Gasteiger partial charge on any atom is 0.443 e. The Kier molecular flexibility index (Phi) is 3.49. The van der Waals surface area contributed by atoms with Crippen LogP contribution in [0.3, 0.4) is 0 Å². The van der Waals surface area contributed by atoms with E-state index in [1.165, 1.54) is 0 Å². The zero-order valence-corrected chi connectivity index (χ0v) is 8.50. The average Bonchev–Trinajstić information content (AvgIpc) is 2.47. The van der Waals surface area contributed by atoms with E-state index in [1.54, 1.807) is 0 Å². The molecule has 6 heteroatoms. The molecule has 0 saturated carbocycles. The molecule has 1 aromatic heterocycles. The molecule has 0 atom stereocenters. The smallest absolute Gasteiger partial charge is 0.326 e. The van der Waals surface area contributed by atoms with Crippen LogP contribution in [0.2, 0.25) is 0 Å². The maximum atomic E-state index is 12.3. The predicted octanol–water partition coefficient (Wildman–Crippen LogP) is 2.57. The molecule has 0 bridgehead atoms. The monoisotopic (exact) mass is 224 g/mol. The van der Waals surface area contributed by atoms with Gasteiger partial charge < -0.3 is 5.73 Å². The SMILES string of the molecule is CCCc1nc(C(F)(F)F)sc1CN. The fourth-order valence-corrected chi connectivity index (χ4v) is 1.95. The lowest BCUT2D eigenvalue weighted by atomic mass is 10.2. The molecule has 0 unspecified atom stereocenters. The third-order valence-electron chi connectivity index (χ3n) is 1.69. The van der Waals surface area contributed by atoms with Crippen molar-refractivity contribution < 1.29 is 13.2 Å². The molecule has 0 saturated heterocycles. The normalized spacial score (nSPS) is 12.1. The fourth-order valence-electron chi connectivity index (χ4n) is 1.10. The molecule has 1 rings (SSSR count). The standard InChI is InChI=1S/C8H11F3N2S/c1-2-3-5-6(4-12)14-7(13-5)8(9,10)11/h2-4,12H2,1H3. The zero-order valence-electron chi connectivity index (χ0n) is 7.69. The third-order valence-corrected chi connectivity index (χ3v) is 2.86. The topological polar surface area (TPSA) is 38.9 Å². The van der Waals surface area contributed by atoms with E-state index in [1.807, 2.05) is 6.92 Å². The highest BCUT2D eigenvalue weighted by molar-refractivity contribution is 7.11. The van der Waals surface area contributed by atoms with Gasteiger partial charge in [0.1, 0.15) is 0 Å². The van der Waals surface area contributed by atoms with Crippen LogP contribution in [0.25, 0.3) is 0 Å². The Morgan fingerprint density at radius 2 is 2.07 bits per heavy atom. The first-order valence-corrected chi connectivity index (χ1v) is 5.06. The van der Waals surface area contributed by atoms with E-state index in [9.17, 15) is 13.2 Å². The van der Waals surface area contributed by atoms with Gasteiger partial charge in [-0.3, -0.25) is 0 Å². The van der Waals surface area contributed by atoms with E-state index in [2.05, 4.69) is 4.98 Å². The number of nitrogens with two attached hydrogens (primary N) is 1. The van der Waals surface area contributed by atoms with Crippen LogP contribution in [0.5, 0.6) is 0 Å². The van der Waals surface area contributed by atoms with Gasteiger partial charge in [-0.1, -0.05) is 13.3 Å². The summed E-state index contributed by atoms with van der Waals surface area (Å²) in [5, 5.41) is -0.790. The maximum absolute atomic E-state index is 12.3. The van der Waals surface area contributed by atoms with Crippen LogP contribution >= 0.6 is 11.3 Å². The molecule has 0 amide bonds. The first-order valence-electron chi connectivity index (χ1n) is 4.24. The molecule has 1 aromatic rings. The second-order valence-electron chi connectivity index (χ2n) is 2.84. The highest BCUT2D eigenvalue weighted by atomic mass is 32.1. The number of rotatable bonds is 3. The Labute approximate surface area is 84.0 Å². The first-order chi connectivity index (χ1) is 6.49. The van der Waals surface area contributed by atoms with Gasteiger partial charge in [-0.2, -0.15) is 13.2 Å². The molecule has 0 aliphatic rings. The molecule has 14 heavy (non-hydrogen) atoms. The molecule has 0 spiro atoms. The lowest BCUT2D eigenvalue weighted by Gasteiger charge is -1.98. The van der Waals surface area contributed by atoms with Crippen LogP contribution in [0.15, 0.2) is 0 Å². The number of aryl methyl sites for hydroxylation is 1. The summed E-state index contributed by atoms with van der Waals surface area (Å²) in [5.41, 5.74) is 5.83. The summed E-state index contributed by atoms with van der Waals surface area (Å²) in [5.74, 6) is 0. The van der Waals surface area contributed by atoms with E-state index in [0.29, 0.717) is 28.3 Å². The molecule has 0 aliphatic carbocycles. The quantitative estimate of drug-likeness (QED) is 0.857. The summed E-state index contributed by atoms with van der Waals surface area (Å²) in [4.78, 5) is 4.10. The average molecular weight is 224 g/mol. The first kappa shape index (κ1) is 11.5. The van der Waals surface area contributed by atoms with Gasteiger partial charge >= 0.3 is 6.18 Å². The molecule has 80 valence electrons. The minimum atomic E-state index is -4.35. The van der Waals surface area contributed by atoms with Crippen molar-refractivity contribution in [3.8, 4) is 0 Å². The second kappa shape index (κ2) is 4.27. The summed E-state index contributed by atoms with van der Waals surface area (Å²) in [6, 6.07) is 0. The Bertz CT molecular complexity index is 306. The number of alkyl halides is 3. The van der Waals surface area contributed by atoms with E-state index in [4.69, 9.17) is 5.73 Å². The Morgan fingerprint density at radius 1 is 1.43 bits per heavy atom. The van der Waals surface area contributed by atoms with Crippen molar-refractivity contribution in [3.63, 3.8) is 0 Å². The lowest BCUT2D eigenvalue weighted by molar-refractivity contribution is -0.137. The summed E-state index contributed by atoms with van der Waals surface area (Å²) < 4.78 is 36.8. The second-order valence-corrected chi connectivity index (χ2v) is 3.92. The van der Waals surface area contributed by atoms with Gasteiger partial charge in [-0.25, -0.2) is 4.98 Å². The molecule has 1 heterocycles. The van der Waals surface area contributed by atoms with E-state index >= 15 is 0 Å². The zero-order chi connectivity index (χ0) is 10.8. The van der Waals surface area contributed by atoms with Crippen molar-refractivity contribution in [3.05, 3.63) is 15.6 Å². The van der Waals surface area contributed by atoms with Crippen LogP contribution in [0.1, 0.15) is 28.9 Å². The van der Waals surface area contributed by atoms with Crippen LogP contribution in [0, 0.1) is 0 Å². The van der Waals surface area contributed by atoms with Crippen LogP contribution in [-0.4, -0.2) is 4.98 Å². The number of hydrogen-bond acceptors (Lipinski definition) is 3. The molecular formula is C8H11F3N2S. The largest absolute Gasteiger partial charge is 0.443 e. The summed E-state index contributed by atoms with van der Waals surface area (Å²) in [6.07, 6.45) is -3.02. The minimum Gasteiger partial charge on any atom is -0.326 e. The van der Waals surface area contributed by atoms with E-state index in [-0.39, 0.29) is 6.54 Å². The number of halogens is 3. The molecule has 2 nitrogen and oxygen atoms in total. The third kappa shape index (κ3) is 2.45. The van der Waals surface area contributed by atoms with Crippen molar-refractivity contribution >= 4 is 11.3 Å². The van der Waals surface area contributed by atoms with Gasteiger partial charge in [0.05, 0.1) is 5.69 Å². The molecule has 0 aromatic carbocycles. The summed E-state index contributed by atoms with van der Waals surface area (Å²) >= 11 is 0.645. The minimum absolute atomic E-state index is 0.128. The lowest BCUT2D eigenvalue weighted by Crippen LogP contribution is -2.04. The van der Waals surface area contributed by atoms with Crippen LogP contribution in [-0.2, 0) is 19.1 Å². The molecule has 0 fully saturated rings. The van der Waals surface area contributed by atoms with Crippen LogP contribution in [0.4, 0.5) is 13.2 Å². The van der Waals surface area contributed by atoms with Crippen molar-refractivity contribution in [2.75, 3.05) is 0 Å². The number of aromatic nitrogens is 1. The van der Waals surface area contributed by atoms with Gasteiger partial charge in [0, 0.05) is 11.4 Å². The summed E-state index contributed by atoms with van der Waals surface area (Å²) in [6.45, 7) is 2.02. The molecule has 2 N–H and O–H groups in total. The molecule has 0 radical (unpaired) electrons. The Balaban J connectivity index is 3.00. The van der Waals surface area contributed by atoms with Gasteiger partial charge in [0.2, 0.25) is 0 Å². The van der Waals surface area contributed by atoms with E-state index < -0.39 is 11.2 Å². The van der Waals surface area contributed by atoms with Crippen LogP contribution < -0.4 is 5.73 Å². The Hall–Kier alpha value is -0.620. The number of hydrogen-bond donors (Lipinski definition) is 1. The van der Waals surface area contributed by atoms with Gasteiger partial charge in [-0.15, -0.1) is 11.3 Å². The molecular weight excluding hydrogens is 213 g/mol. The predicted molar refractivity (Wildman–Crippen MR) is 49.0 cm³/mol. The molecule has 0 aliphatic heterocycles. The van der Waals surface area contributed by atoms with Crippen molar-refractivity contribution in [1.82, 2.24) is 4.98 Å². The van der Waals surface area contributed by atoms with Crippen molar-refractivity contribution in [1.29, 1.82) is 0 Å². The van der Waals surface area contributed by atoms with E-state index in [0.717, 1.165) is 6.42 Å². The Morgan fingerprint density at radius 3 is 2.50 bits per heavy atom. The number of thiazole rings is 1. The van der Waals surface area contributed by atoms with Gasteiger partial charge in [0.15, 0.2) is 5.01 Å². The highest BCUT2D eigenvalue weighted by Gasteiger charge is 2.35. The fraction of sp³-hybridized carbons (Fsp3) is 0.625. The van der Waals surface area contributed by atoms with Crippen molar-refractivity contribution in [2.45, 2.75) is 32.5 Å². The van der Waals surface area contributed by atoms with Crippen molar-refractivity contribution in [2.24, 2.45) is 5.73 Å². The number of nitrogens with zero attached hydrogens (tertiary/aromatic N) is 1. The summed E-state index contributed by atoms with van der Waals surface area (Å²) in [7, 11) is 0. The van der Waals surface area contributed by atoms with Gasteiger partial charge in [0.25, 0.3) is 0 Å². The highest BCUT2D eigenvalue weighted by Crippen LogP contribution is 2.34. The van der Waals surface area contributed by atoms with Gasteiger partial charge in [-0.05, 0) is 6.42 Å².